The average molecular weight is 321 g/mol. The van der Waals surface area contributed by atoms with E-state index < -0.39 is 5.95 Å². The molecule has 0 radical (unpaired) electrons. The van der Waals surface area contributed by atoms with Crippen molar-refractivity contribution in [3.05, 3.63) is 59.0 Å². The van der Waals surface area contributed by atoms with Gasteiger partial charge in [0, 0.05) is 30.2 Å². The maximum Gasteiger partial charge on any atom is 0.214 e. The summed E-state index contributed by atoms with van der Waals surface area (Å²) in [6.07, 6.45) is 1.83. The van der Waals surface area contributed by atoms with Crippen molar-refractivity contribution >= 4 is 17.4 Å². The Morgan fingerprint density at radius 1 is 1.14 bits per heavy atom. The highest BCUT2D eigenvalue weighted by Crippen LogP contribution is 2.35. The number of rotatable bonds is 4. The minimum Gasteiger partial charge on any atom is -0.381 e. The van der Waals surface area contributed by atoms with Gasteiger partial charge >= 0.3 is 0 Å². The van der Waals surface area contributed by atoms with Gasteiger partial charge in [-0.3, -0.25) is 0 Å². The predicted molar refractivity (Wildman–Crippen MR) is 85.9 cm³/mol. The molecule has 1 aliphatic rings. The van der Waals surface area contributed by atoms with Gasteiger partial charge in [0.2, 0.25) is 5.95 Å². The number of halogens is 2. The van der Waals surface area contributed by atoms with E-state index in [4.69, 9.17) is 16.3 Å². The van der Waals surface area contributed by atoms with E-state index in [9.17, 15) is 4.39 Å². The monoisotopic (exact) mass is 320 g/mol. The fourth-order valence-electron chi connectivity index (χ4n) is 2.90. The minimum absolute atomic E-state index is 0.0448. The molecule has 0 amide bonds. The van der Waals surface area contributed by atoms with E-state index in [-0.39, 0.29) is 5.41 Å². The van der Waals surface area contributed by atoms with Crippen LogP contribution in [0.15, 0.2) is 42.5 Å². The van der Waals surface area contributed by atoms with Crippen molar-refractivity contribution in [2.24, 2.45) is 0 Å². The van der Waals surface area contributed by atoms with Crippen LogP contribution in [0.1, 0.15) is 18.4 Å². The summed E-state index contributed by atoms with van der Waals surface area (Å²) in [5.41, 5.74) is 1.18. The molecule has 0 spiro atoms. The lowest BCUT2D eigenvalue weighted by Crippen LogP contribution is -2.40. The quantitative estimate of drug-likeness (QED) is 0.863. The molecule has 3 nitrogen and oxygen atoms in total. The molecule has 5 heteroatoms. The summed E-state index contributed by atoms with van der Waals surface area (Å²) in [5, 5.41) is 4.00. The molecule has 2 aromatic rings. The zero-order chi connectivity index (χ0) is 15.4. The Hall–Kier alpha value is -1.65. The van der Waals surface area contributed by atoms with Crippen LogP contribution in [-0.4, -0.2) is 24.7 Å². The molecule has 1 aliphatic heterocycles. The second kappa shape index (κ2) is 6.63. The Balaban J connectivity index is 1.81. The summed E-state index contributed by atoms with van der Waals surface area (Å²) in [6, 6.07) is 12.7. The summed E-state index contributed by atoms with van der Waals surface area (Å²) < 4.78 is 18.7. The van der Waals surface area contributed by atoms with E-state index in [0.29, 0.717) is 12.4 Å². The van der Waals surface area contributed by atoms with Crippen LogP contribution in [0.2, 0.25) is 5.02 Å². The number of nitrogens with one attached hydrogen (secondary N) is 1. The molecule has 1 aromatic heterocycles. The molecule has 0 bridgehead atoms. The first-order chi connectivity index (χ1) is 10.7. The molecule has 0 unspecified atom stereocenters. The highest BCUT2D eigenvalue weighted by molar-refractivity contribution is 6.30. The van der Waals surface area contributed by atoms with E-state index in [0.717, 1.165) is 31.1 Å². The maximum absolute atomic E-state index is 13.2. The molecule has 1 N–H and O–H groups in total. The summed E-state index contributed by atoms with van der Waals surface area (Å²) in [7, 11) is 0. The van der Waals surface area contributed by atoms with Gasteiger partial charge < -0.3 is 10.1 Å². The van der Waals surface area contributed by atoms with Gasteiger partial charge in [0.05, 0.1) is 0 Å². The predicted octanol–water partition coefficient (Wildman–Crippen LogP) is 4.03. The van der Waals surface area contributed by atoms with Gasteiger partial charge in [-0.15, -0.1) is 0 Å². The van der Waals surface area contributed by atoms with Crippen molar-refractivity contribution in [3.63, 3.8) is 0 Å². The Morgan fingerprint density at radius 3 is 2.55 bits per heavy atom. The summed E-state index contributed by atoms with van der Waals surface area (Å²) >= 11 is 5.99. The Kier molecular flexibility index (Phi) is 4.60. The number of aromatic nitrogens is 1. The zero-order valence-electron chi connectivity index (χ0n) is 12.2. The number of hydrogen-bond donors (Lipinski definition) is 1. The second-order valence-electron chi connectivity index (χ2n) is 5.60. The van der Waals surface area contributed by atoms with Gasteiger partial charge in [-0.05, 0) is 42.7 Å². The van der Waals surface area contributed by atoms with Crippen LogP contribution in [0.25, 0.3) is 0 Å². The number of benzene rings is 1. The molecule has 22 heavy (non-hydrogen) atoms. The molecular weight excluding hydrogens is 303 g/mol. The fourth-order valence-corrected chi connectivity index (χ4v) is 3.03. The number of ether oxygens (including phenoxy) is 1. The SMILES string of the molecule is Fc1cccc(NCC2(c3ccc(Cl)cc3)CCOCC2)n1. The average Bonchev–Trinajstić information content (AvgIpc) is 2.55. The molecule has 1 fully saturated rings. The van der Waals surface area contributed by atoms with Crippen molar-refractivity contribution in [1.29, 1.82) is 0 Å². The van der Waals surface area contributed by atoms with Gasteiger partial charge in [-0.2, -0.15) is 4.39 Å². The molecule has 0 atom stereocenters. The zero-order valence-corrected chi connectivity index (χ0v) is 12.9. The van der Waals surface area contributed by atoms with E-state index >= 15 is 0 Å². The van der Waals surface area contributed by atoms with E-state index in [1.54, 1.807) is 12.1 Å². The first kappa shape index (κ1) is 15.3. The molecular formula is C17H18ClFN2O. The van der Waals surface area contributed by atoms with E-state index in [1.165, 1.54) is 11.6 Å². The molecule has 1 saturated heterocycles. The second-order valence-corrected chi connectivity index (χ2v) is 6.04. The topological polar surface area (TPSA) is 34.1 Å². The third kappa shape index (κ3) is 3.39. The normalized spacial score (nSPS) is 17.2. The summed E-state index contributed by atoms with van der Waals surface area (Å²) in [4.78, 5) is 3.87. The number of pyridine rings is 1. The van der Waals surface area contributed by atoms with Gasteiger partial charge in [-0.25, -0.2) is 4.98 Å². The highest BCUT2D eigenvalue weighted by atomic mass is 35.5. The third-order valence-electron chi connectivity index (χ3n) is 4.23. The fraction of sp³-hybridized carbons (Fsp3) is 0.353. The minimum atomic E-state index is -0.475. The van der Waals surface area contributed by atoms with Crippen molar-refractivity contribution in [3.8, 4) is 0 Å². The van der Waals surface area contributed by atoms with Gasteiger partial charge in [-0.1, -0.05) is 29.8 Å². The number of nitrogens with zero attached hydrogens (tertiary/aromatic N) is 1. The first-order valence-corrected chi connectivity index (χ1v) is 7.76. The van der Waals surface area contributed by atoms with Crippen LogP contribution in [0, 0.1) is 5.95 Å². The van der Waals surface area contributed by atoms with Gasteiger partial charge in [0.1, 0.15) is 5.82 Å². The number of hydrogen-bond acceptors (Lipinski definition) is 3. The van der Waals surface area contributed by atoms with Crippen molar-refractivity contribution in [2.75, 3.05) is 25.1 Å². The molecule has 3 rings (SSSR count). The largest absolute Gasteiger partial charge is 0.381 e. The van der Waals surface area contributed by atoms with E-state index in [1.807, 2.05) is 12.1 Å². The Labute approximate surface area is 134 Å². The smallest absolute Gasteiger partial charge is 0.214 e. The van der Waals surface area contributed by atoms with Gasteiger partial charge in [0.15, 0.2) is 0 Å². The Bertz CT molecular complexity index is 627. The van der Waals surface area contributed by atoms with Crippen LogP contribution in [-0.2, 0) is 10.2 Å². The summed E-state index contributed by atoms with van der Waals surface area (Å²) in [5.74, 6) is 0.0809. The first-order valence-electron chi connectivity index (χ1n) is 7.38. The molecule has 2 heterocycles. The highest BCUT2D eigenvalue weighted by Gasteiger charge is 2.34. The third-order valence-corrected chi connectivity index (χ3v) is 4.48. The lowest BCUT2D eigenvalue weighted by molar-refractivity contribution is 0.0543. The molecule has 0 aliphatic carbocycles. The summed E-state index contributed by atoms with van der Waals surface area (Å²) in [6.45, 7) is 2.14. The molecule has 116 valence electrons. The molecule has 1 aromatic carbocycles. The lowest BCUT2D eigenvalue weighted by Gasteiger charge is -2.38. The van der Waals surface area contributed by atoms with Crippen molar-refractivity contribution in [2.45, 2.75) is 18.3 Å². The van der Waals surface area contributed by atoms with Crippen LogP contribution in [0.5, 0.6) is 0 Å². The number of anilines is 1. The molecule has 0 saturated carbocycles. The van der Waals surface area contributed by atoms with Crippen LogP contribution in [0.3, 0.4) is 0 Å². The lowest BCUT2D eigenvalue weighted by atomic mass is 9.74. The van der Waals surface area contributed by atoms with Crippen molar-refractivity contribution < 1.29 is 9.13 Å². The van der Waals surface area contributed by atoms with E-state index in [2.05, 4.69) is 22.4 Å². The van der Waals surface area contributed by atoms with Crippen molar-refractivity contribution in [1.82, 2.24) is 4.98 Å². The van der Waals surface area contributed by atoms with Gasteiger partial charge in [0.25, 0.3) is 0 Å². The van der Waals surface area contributed by atoms with Crippen LogP contribution in [0.4, 0.5) is 10.2 Å². The standard InChI is InChI=1S/C17H18ClFN2O/c18-14-6-4-13(5-7-14)17(8-10-22-11-9-17)12-20-16-3-1-2-15(19)21-16/h1-7H,8-12H2,(H,20,21). The maximum atomic E-state index is 13.2. The van der Waals surface area contributed by atoms with Crippen LogP contribution < -0.4 is 5.32 Å². The Morgan fingerprint density at radius 2 is 1.86 bits per heavy atom. The van der Waals surface area contributed by atoms with Crippen LogP contribution >= 0.6 is 11.6 Å².